The number of aromatic amines is 1. The highest BCUT2D eigenvalue weighted by Gasteiger charge is 2.28. The first-order valence-corrected chi connectivity index (χ1v) is 10.6. The Morgan fingerprint density at radius 2 is 1.96 bits per heavy atom. The SMILES string of the molecule is O=C(CN1CCCCC1)Nc1n[nH]c2ccc(N3CCCS3(=O)=O)cc12. The Morgan fingerprint density at radius 1 is 1.15 bits per heavy atom. The number of rotatable bonds is 4. The van der Waals surface area contributed by atoms with Crippen LogP contribution in [0.25, 0.3) is 10.9 Å². The van der Waals surface area contributed by atoms with Crippen LogP contribution in [0.3, 0.4) is 0 Å². The van der Waals surface area contributed by atoms with Crippen LogP contribution < -0.4 is 9.62 Å². The van der Waals surface area contributed by atoms with Crippen LogP contribution in [0.1, 0.15) is 25.7 Å². The number of likely N-dealkylation sites (tertiary alicyclic amines) is 1. The Morgan fingerprint density at radius 3 is 2.69 bits per heavy atom. The summed E-state index contributed by atoms with van der Waals surface area (Å²) in [6.45, 7) is 2.74. The molecule has 0 saturated carbocycles. The number of carbonyl (C=O) groups excluding carboxylic acids is 1. The van der Waals surface area contributed by atoms with Gasteiger partial charge in [0.1, 0.15) is 0 Å². The number of nitrogens with one attached hydrogen (secondary N) is 2. The van der Waals surface area contributed by atoms with Crippen LogP contribution in [0.2, 0.25) is 0 Å². The average molecular weight is 377 g/mol. The lowest BCUT2D eigenvalue weighted by Crippen LogP contribution is -2.36. The maximum Gasteiger partial charge on any atom is 0.239 e. The molecule has 2 saturated heterocycles. The fourth-order valence-corrected chi connectivity index (χ4v) is 5.23. The number of hydrogen-bond acceptors (Lipinski definition) is 5. The summed E-state index contributed by atoms with van der Waals surface area (Å²) in [4.78, 5) is 14.5. The van der Waals surface area contributed by atoms with Gasteiger partial charge < -0.3 is 5.32 Å². The Bertz CT molecular complexity index is 918. The Hall–Kier alpha value is -2.13. The largest absolute Gasteiger partial charge is 0.308 e. The molecule has 2 fully saturated rings. The Labute approximate surface area is 152 Å². The van der Waals surface area contributed by atoms with Gasteiger partial charge in [-0.2, -0.15) is 5.10 Å². The molecular formula is C17H23N5O3S. The molecule has 0 atom stereocenters. The van der Waals surface area contributed by atoms with E-state index >= 15 is 0 Å². The fourth-order valence-electron chi connectivity index (χ4n) is 3.67. The zero-order chi connectivity index (χ0) is 18.1. The highest BCUT2D eigenvalue weighted by molar-refractivity contribution is 7.93. The van der Waals surface area contributed by atoms with Crippen molar-refractivity contribution in [3.8, 4) is 0 Å². The first-order chi connectivity index (χ1) is 12.5. The number of hydrogen-bond donors (Lipinski definition) is 2. The second-order valence-electron chi connectivity index (χ2n) is 6.93. The van der Waals surface area contributed by atoms with Gasteiger partial charge in [-0.05, 0) is 50.6 Å². The highest BCUT2D eigenvalue weighted by Crippen LogP contribution is 2.30. The second kappa shape index (κ2) is 6.88. The number of nitrogens with zero attached hydrogens (tertiary/aromatic N) is 3. The van der Waals surface area contributed by atoms with E-state index in [1.807, 2.05) is 0 Å². The number of H-pyrrole nitrogens is 1. The van der Waals surface area contributed by atoms with Crippen molar-refractivity contribution in [3.63, 3.8) is 0 Å². The molecule has 2 aromatic rings. The maximum absolute atomic E-state index is 12.4. The molecule has 0 bridgehead atoms. The van der Waals surface area contributed by atoms with E-state index in [4.69, 9.17) is 0 Å². The number of benzene rings is 1. The molecule has 0 aliphatic carbocycles. The third-order valence-electron chi connectivity index (χ3n) is 5.01. The summed E-state index contributed by atoms with van der Waals surface area (Å²) in [5, 5.41) is 10.7. The first kappa shape index (κ1) is 17.3. The topological polar surface area (TPSA) is 98.4 Å². The Kier molecular flexibility index (Phi) is 4.58. The monoisotopic (exact) mass is 377 g/mol. The smallest absolute Gasteiger partial charge is 0.239 e. The summed E-state index contributed by atoms with van der Waals surface area (Å²) < 4.78 is 25.7. The highest BCUT2D eigenvalue weighted by atomic mass is 32.2. The molecule has 0 spiro atoms. The van der Waals surface area contributed by atoms with Gasteiger partial charge in [0.2, 0.25) is 15.9 Å². The fraction of sp³-hybridized carbons (Fsp3) is 0.529. The molecule has 140 valence electrons. The summed E-state index contributed by atoms with van der Waals surface area (Å²) >= 11 is 0. The Balaban J connectivity index is 1.54. The van der Waals surface area contributed by atoms with Crippen molar-refractivity contribution in [1.82, 2.24) is 15.1 Å². The zero-order valence-electron chi connectivity index (χ0n) is 14.6. The van der Waals surface area contributed by atoms with Crippen LogP contribution in [0.15, 0.2) is 18.2 Å². The minimum absolute atomic E-state index is 0.0977. The van der Waals surface area contributed by atoms with Crippen LogP contribution in [-0.2, 0) is 14.8 Å². The van der Waals surface area contributed by atoms with Gasteiger partial charge >= 0.3 is 0 Å². The lowest BCUT2D eigenvalue weighted by molar-refractivity contribution is -0.117. The van der Waals surface area contributed by atoms with Gasteiger partial charge in [0.15, 0.2) is 5.82 Å². The minimum Gasteiger partial charge on any atom is -0.308 e. The number of sulfonamides is 1. The van der Waals surface area contributed by atoms with Crippen LogP contribution in [0.5, 0.6) is 0 Å². The number of aromatic nitrogens is 2. The maximum atomic E-state index is 12.4. The van der Waals surface area contributed by atoms with Gasteiger partial charge in [0.05, 0.1) is 23.5 Å². The van der Waals surface area contributed by atoms with Crippen molar-refractivity contribution < 1.29 is 13.2 Å². The molecule has 8 nitrogen and oxygen atoms in total. The molecule has 2 aliphatic heterocycles. The van der Waals surface area contributed by atoms with E-state index in [1.54, 1.807) is 18.2 Å². The molecule has 1 aromatic heterocycles. The van der Waals surface area contributed by atoms with E-state index in [0.29, 0.717) is 31.0 Å². The molecular weight excluding hydrogens is 354 g/mol. The molecule has 0 unspecified atom stereocenters. The van der Waals surface area contributed by atoms with Crippen molar-refractivity contribution in [1.29, 1.82) is 0 Å². The van der Waals surface area contributed by atoms with Gasteiger partial charge in [-0.3, -0.25) is 19.1 Å². The molecule has 9 heteroatoms. The summed E-state index contributed by atoms with van der Waals surface area (Å²) in [6, 6.07) is 5.34. The van der Waals surface area contributed by atoms with Crippen LogP contribution in [0, 0.1) is 0 Å². The van der Waals surface area contributed by atoms with E-state index in [0.717, 1.165) is 36.8 Å². The van der Waals surface area contributed by atoms with Crippen molar-refractivity contribution in [3.05, 3.63) is 18.2 Å². The molecule has 2 aliphatic rings. The normalized spacial score (nSPS) is 20.5. The van der Waals surface area contributed by atoms with Gasteiger partial charge in [-0.25, -0.2) is 8.42 Å². The molecule has 1 aromatic carbocycles. The molecule has 26 heavy (non-hydrogen) atoms. The van der Waals surface area contributed by atoms with Crippen LogP contribution >= 0.6 is 0 Å². The summed E-state index contributed by atoms with van der Waals surface area (Å²) in [5.41, 5.74) is 1.38. The molecule has 4 rings (SSSR count). The second-order valence-corrected chi connectivity index (χ2v) is 8.94. The number of fused-ring (bicyclic) bond motifs is 1. The molecule has 1 amide bonds. The quantitative estimate of drug-likeness (QED) is 0.842. The zero-order valence-corrected chi connectivity index (χ0v) is 15.4. The van der Waals surface area contributed by atoms with Gasteiger partial charge in [-0.15, -0.1) is 0 Å². The first-order valence-electron chi connectivity index (χ1n) is 9.04. The van der Waals surface area contributed by atoms with Crippen molar-refractivity contribution in [2.45, 2.75) is 25.7 Å². The van der Waals surface area contributed by atoms with Gasteiger partial charge in [-0.1, -0.05) is 6.42 Å². The average Bonchev–Trinajstić information content (AvgIpc) is 3.18. The summed E-state index contributed by atoms with van der Waals surface area (Å²) in [6.07, 6.45) is 4.12. The third-order valence-corrected chi connectivity index (χ3v) is 6.88. The van der Waals surface area contributed by atoms with E-state index in [1.165, 1.54) is 10.7 Å². The standard InChI is InChI=1S/C17H23N5O3S/c23-16(12-21-7-2-1-3-8-21)18-17-14-11-13(5-6-15(14)19-20-17)22-9-4-10-26(22,24)25/h5-6,11H,1-4,7-10,12H2,(H2,18,19,20,23). The number of amides is 1. The molecule has 2 N–H and O–H groups in total. The lowest BCUT2D eigenvalue weighted by Gasteiger charge is -2.25. The summed E-state index contributed by atoms with van der Waals surface area (Å²) in [7, 11) is -3.24. The van der Waals surface area contributed by atoms with Crippen LogP contribution in [-0.4, -0.2) is 61.4 Å². The van der Waals surface area contributed by atoms with E-state index in [9.17, 15) is 13.2 Å². The predicted molar refractivity (Wildman–Crippen MR) is 101 cm³/mol. The van der Waals surface area contributed by atoms with E-state index in [2.05, 4.69) is 20.4 Å². The van der Waals surface area contributed by atoms with Crippen LogP contribution in [0.4, 0.5) is 11.5 Å². The van der Waals surface area contributed by atoms with Crippen molar-refractivity contribution in [2.24, 2.45) is 0 Å². The van der Waals surface area contributed by atoms with Crippen molar-refractivity contribution >= 4 is 38.3 Å². The lowest BCUT2D eigenvalue weighted by atomic mass is 10.1. The minimum atomic E-state index is -3.24. The number of carbonyl (C=O) groups is 1. The third kappa shape index (κ3) is 3.41. The van der Waals surface area contributed by atoms with Gasteiger partial charge in [0.25, 0.3) is 0 Å². The van der Waals surface area contributed by atoms with E-state index < -0.39 is 10.0 Å². The van der Waals surface area contributed by atoms with Gasteiger partial charge in [0, 0.05) is 11.9 Å². The molecule has 0 radical (unpaired) electrons. The van der Waals surface area contributed by atoms with E-state index in [-0.39, 0.29) is 11.7 Å². The van der Waals surface area contributed by atoms with Crippen molar-refractivity contribution in [2.75, 3.05) is 41.6 Å². The molecule has 3 heterocycles. The number of anilines is 2. The predicted octanol–water partition coefficient (Wildman–Crippen LogP) is 1.53. The number of piperidine rings is 1. The summed E-state index contributed by atoms with van der Waals surface area (Å²) in [5.74, 6) is 0.524.